The second-order valence-electron chi connectivity index (χ2n) is 8.27. The van der Waals surface area contributed by atoms with Crippen LogP contribution in [0.15, 0.2) is 77.5 Å². The highest BCUT2D eigenvalue weighted by Gasteiger charge is 2.33. The van der Waals surface area contributed by atoms with Gasteiger partial charge in [0.15, 0.2) is 5.76 Å². The van der Waals surface area contributed by atoms with Crippen molar-refractivity contribution in [3.8, 4) is 5.75 Å². The lowest BCUT2D eigenvalue weighted by Gasteiger charge is -2.37. The van der Waals surface area contributed by atoms with Crippen LogP contribution in [-0.4, -0.2) is 57.9 Å². The number of aromatic amines is 1. The molecule has 5 rings (SSSR count). The average Bonchev–Trinajstić information content (AvgIpc) is 3.54. The fourth-order valence-electron chi connectivity index (χ4n) is 4.40. The highest BCUT2D eigenvalue weighted by atomic mass is 16.5. The predicted octanol–water partition coefficient (Wildman–Crippen LogP) is 3.92. The maximum Gasteiger partial charge on any atom is 0.325 e. The van der Waals surface area contributed by atoms with E-state index in [9.17, 15) is 14.7 Å². The van der Waals surface area contributed by atoms with E-state index in [2.05, 4.69) is 4.98 Å². The number of carboxylic acid groups (broad SMARTS) is 1. The molecule has 1 atom stereocenters. The van der Waals surface area contributed by atoms with Gasteiger partial charge in [-0.05, 0) is 35.9 Å². The molecule has 0 aliphatic carbocycles. The number of benzene rings is 2. The monoisotopic (exact) mass is 459 g/mol. The molecule has 3 heterocycles. The van der Waals surface area contributed by atoms with Gasteiger partial charge in [-0.2, -0.15) is 0 Å². The number of hydrogen-bond acceptors (Lipinski definition) is 5. The molecule has 0 bridgehead atoms. The molecule has 4 aromatic rings. The third-order valence-electron chi connectivity index (χ3n) is 6.16. The Morgan fingerprint density at radius 3 is 2.53 bits per heavy atom. The first kappa shape index (κ1) is 21.8. The zero-order valence-corrected chi connectivity index (χ0v) is 18.5. The largest absolute Gasteiger partial charge is 0.489 e. The SMILES string of the molecule is O=C(O)[C@H](c1c[nH]c2ccc(OCc3ccccc3)cc12)N1CCN(C(=O)c2ccco2)CC1. The van der Waals surface area contributed by atoms with Crippen LogP contribution in [-0.2, 0) is 11.4 Å². The van der Waals surface area contributed by atoms with Crippen LogP contribution in [0.2, 0.25) is 0 Å². The Kier molecular flexibility index (Phi) is 6.05. The second kappa shape index (κ2) is 9.44. The smallest absolute Gasteiger partial charge is 0.325 e. The molecule has 174 valence electrons. The number of carbonyl (C=O) groups is 2. The van der Waals surface area contributed by atoms with Crippen molar-refractivity contribution in [2.24, 2.45) is 0 Å². The molecule has 1 amide bonds. The van der Waals surface area contributed by atoms with Gasteiger partial charge in [0.05, 0.1) is 6.26 Å². The zero-order chi connectivity index (χ0) is 23.5. The van der Waals surface area contributed by atoms with E-state index >= 15 is 0 Å². The summed E-state index contributed by atoms with van der Waals surface area (Å²) in [6.07, 6.45) is 3.23. The van der Waals surface area contributed by atoms with Gasteiger partial charge in [-0.25, -0.2) is 0 Å². The number of carboxylic acids is 1. The van der Waals surface area contributed by atoms with Crippen molar-refractivity contribution in [3.63, 3.8) is 0 Å². The normalized spacial score (nSPS) is 15.4. The Labute approximate surface area is 196 Å². The van der Waals surface area contributed by atoms with Crippen molar-refractivity contribution in [2.45, 2.75) is 12.6 Å². The fraction of sp³-hybridized carbons (Fsp3) is 0.231. The molecule has 8 heteroatoms. The first-order chi connectivity index (χ1) is 16.6. The molecule has 2 aromatic heterocycles. The summed E-state index contributed by atoms with van der Waals surface area (Å²) in [5.41, 5.74) is 2.58. The third kappa shape index (κ3) is 4.40. The topological polar surface area (TPSA) is 99.0 Å². The Balaban J connectivity index is 1.33. The van der Waals surface area contributed by atoms with Crippen LogP contribution >= 0.6 is 0 Å². The number of nitrogens with one attached hydrogen (secondary N) is 1. The maximum atomic E-state index is 12.6. The Morgan fingerprint density at radius 2 is 1.82 bits per heavy atom. The van der Waals surface area contributed by atoms with Crippen molar-refractivity contribution in [1.82, 2.24) is 14.8 Å². The molecule has 1 fully saturated rings. The number of hydrogen-bond donors (Lipinski definition) is 2. The summed E-state index contributed by atoms with van der Waals surface area (Å²) in [5.74, 6) is -0.135. The third-order valence-corrected chi connectivity index (χ3v) is 6.16. The zero-order valence-electron chi connectivity index (χ0n) is 18.5. The number of amides is 1. The second-order valence-corrected chi connectivity index (χ2v) is 8.27. The lowest BCUT2D eigenvalue weighted by atomic mass is 10.0. The highest BCUT2D eigenvalue weighted by Crippen LogP contribution is 2.32. The van der Waals surface area contributed by atoms with E-state index in [1.807, 2.05) is 53.4 Å². The van der Waals surface area contributed by atoms with E-state index in [1.54, 1.807) is 23.2 Å². The van der Waals surface area contributed by atoms with Gasteiger partial charge in [0.25, 0.3) is 5.91 Å². The van der Waals surface area contributed by atoms with Gasteiger partial charge >= 0.3 is 5.97 Å². The predicted molar refractivity (Wildman–Crippen MR) is 126 cm³/mol. The molecule has 0 radical (unpaired) electrons. The molecule has 2 aromatic carbocycles. The summed E-state index contributed by atoms with van der Waals surface area (Å²) in [5, 5.41) is 10.9. The molecule has 0 saturated carbocycles. The van der Waals surface area contributed by atoms with Crippen LogP contribution < -0.4 is 4.74 Å². The number of ether oxygens (including phenoxy) is 1. The summed E-state index contributed by atoms with van der Waals surface area (Å²) in [6, 6.07) is 18.0. The molecule has 1 saturated heterocycles. The minimum Gasteiger partial charge on any atom is -0.489 e. The number of carbonyl (C=O) groups excluding carboxylic acids is 1. The highest BCUT2D eigenvalue weighted by molar-refractivity contribution is 5.92. The van der Waals surface area contributed by atoms with Crippen LogP contribution in [0.3, 0.4) is 0 Å². The minimum absolute atomic E-state index is 0.177. The van der Waals surface area contributed by atoms with Crippen molar-refractivity contribution in [2.75, 3.05) is 26.2 Å². The molecule has 2 N–H and O–H groups in total. The number of nitrogens with zero attached hydrogens (tertiary/aromatic N) is 2. The number of furan rings is 1. The molecule has 8 nitrogen and oxygen atoms in total. The van der Waals surface area contributed by atoms with Crippen LogP contribution in [0.25, 0.3) is 10.9 Å². The van der Waals surface area contributed by atoms with Crippen LogP contribution in [0, 0.1) is 0 Å². The number of aliphatic carboxylic acids is 1. The minimum atomic E-state index is -0.928. The first-order valence-corrected chi connectivity index (χ1v) is 11.2. The number of H-pyrrole nitrogens is 1. The van der Waals surface area contributed by atoms with Crippen molar-refractivity contribution < 1.29 is 23.8 Å². The van der Waals surface area contributed by atoms with Gasteiger partial charge in [-0.3, -0.25) is 14.5 Å². The van der Waals surface area contributed by atoms with Gasteiger partial charge in [-0.15, -0.1) is 0 Å². The van der Waals surface area contributed by atoms with Gasteiger partial charge in [0, 0.05) is 48.8 Å². The molecule has 1 aliphatic rings. The summed E-state index contributed by atoms with van der Waals surface area (Å²) in [7, 11) is 0. The van der Waals surface area contributed by atoms with Crippen LogP contribution in [0.1, 0.15) is 27.7 Å². The van der Waals surface area contributed by atoms with Crippen LogP contribution in [0.4, 0.5) is 0 Å². The van der Waals surface area contributed by atoms with Gasteiger partial charge < -0.3 is 24.1 Å². The summed E-state index contributed by atoms with van der Waals surface area (Å²) in [6.45, 7) is 2.18. The summed E-state index contributed by atoms with van der Waals surface area (Å²) < 4.78 is 11.2. The number of piperazine rings is 1. The Morgan fingerprint density at radius 1 is 1.03 bits per heavy atom. The number of rotatable bonds is 7. The molecule has 34 heavy (non-hydrogen) atoms. The van der Waals surface area contributed by atoms with Crippen LogP contribution in [0.5, 0.6) is 5.75 Å². The summed E-state index contributed by atoms with van der Waals surface area (Å²) in [4.78, 5) is 31.7. The van der Waals surface area contributed by atoms with Gasteiger partial charge in [-0.1, -0.05) is 30.3 Å². The van der Waals surface area contributed by atoms with Crippen molar-refractivity contribution in [1.29, 1.82) is 0 Å². The van der Waals surface area contributed by atoms with E-state index in [4.69, 9.17) is 9.15 Å². The summed E-state index contributed by atoms with van der Waals surface area (Å²) >= 11 is 0. The number of fused-ring (bicyclic) bond motifs is 1. The number of aromatic nitrogens is 1. The lowest BCUT2D eigenvalue weighted by Crippen LogP contribution is -2.50. The Bertz CT molecular complexity index is 1270. The maximum absolute atomic E-state index is 12.6. The first-order valence-electron chi connectivity index (χ1n) is 11.2. The molecule has 1 aliphatic heterocycles. The Hall–Kier alpha value is -4.04. The van der Waals surface area contributed by atoms with E-state index in [0.29, 0.717) is 49.9 Å². The van der Waals surface area contributed by atoms with E-state index in [-0.39, 0.29) is 5.91 Å². The van der Waals surface area contributed by atoms with Crippen molar-refractivity contribution in [3.05, 3.63) is 90.0 Å². The van der Waals surface area contributed by atoms with E-state index in [0.717, 1.165) is 16.5 Å². The van der Waals surface area contributed by atoms with E-state index in [1.165, 1.54) is 6.26 Å². The van der Waals surface area contributed by atoms with Gasteiger partial charge in [0.1, 0.15) is 18.4 Å². The molecular weight excluding hydrogens is 434 g/mol. The lowest BCUT2D eigenvalue weighted by molar-refractivity contribution is -0.144. The quantitative estimate of drug-likeness (QED) is 0.435. The van der Waals surface area contributed by atoms with E-state index < -0.39 is 12.0 Å². The molecule has 0 spiro atoms. The molecular formula is C26H25N3O5. The average molecular weight is 460 g/mol. The standard InChI is InChI=1S/C26H25N3O5/c30-25(23-7-4-14-33-23)29-12-10-28(11-13-29)24(26(31)32)21-16-27-22-9-8-19(15-20(21)22)34-17-18-5-2-1-3-6-18/h1-9,14-16,24,27H,10-13,17H2,(H,31,32)/t24-/m0/s1. The fourth-order valence-corrected chi connectivity index (χ4v) is 4.40. The van der Waals surface area contributed by atoms with Gasteiger partial charge in [0.2, 0.25) is 0 Å². The van der Waals surface area contributed by atoms with Crippen molar-refractivity contribution >= 4 is 22.8 Å². The molecule has 0 unspecified atom stereocenters.